The summed E-state index contributed by atoms with van der Waals surface area (Å²) in [6.45, 7) is 2.22. The van der Waals surface area contributed by atoms with Crippen LogP contribution in [0.5, 0.6) is 0 Å². The lowest BCUT2D eigenvalue weighted by atomic mass is 10.2. The summed E-state index contributed by atoms with van der Waals surface area (Å²) in [6, 6.07) is 4.74. The Morgan fingerprint density at radius 3 is 2.79 bits per heavy atom. The molecule has 4 nitrogen and oxygen atoms in total. The van der Waals surface area contributed by atoms with Crippen molar-refractivity contribution in [2.24, 2.45) is 0 Å². The molecule has 0 amide bonds. The van der Waals surface area contributed by atoms with Gasteiger partial charge in [-0.15, -0.1) is 0 Å². The van der Waals surface area contributed by atoms with Gasteiger partial charge in [0.15, 0.2) is 0 Å². The standard InChI is InChI=1S/C9H8N2O2S/c1-2-11-7(9(12)13)4-3-6(5-10)8(11)14/h3-4H,2H2,1H3,(H,12,13). The van der Waals surface area contributed by atoms with Gasteiger partial charge in [-0.1, -0.05) is 12.2 Å². The highest BCUT2D eigenvalue weighted by Gasteiger charge is 2.09. The second-order valence-corrected chi connectivity index (χ2v) is 2.99. The molecule has 0 saturated heterocycles. The maximum Gasteiger partial charge on any atom is 0.352 e. The fourth-order valence-corrected chi connectivity index (χ4v) is 1.51. The van der Waals surface area contributed by atoms with Crippen LogP contribution in [0, 0.1) is 16.0 Å². The molecule has 0 fully saturated rings. The van der Waals surface area contributed by atoms with Crippen molar-refractivity contribution in [1.82, 2.24) is 4.57 Å². The molecule has 1 aromatic rings. The van der Waals surface area contributed by atoms with Crippen molar-refractivity contribution in [3.63, 3.8) is 0 Å². The highest BCUT2D eigenvalue weighted by atomic mass is 32.1. The minimum Gasteiger partial charge on any atom is -0.477 e. The molecular formula is C9H8N2O2S. The van der Waals surface area contributed by atoms with Gasteiger partial charge in [0.25, 0.3) is 0 Å². The van der Waals surface area contributed by atoms with E-state index in [0.29, 0.717) is 12.1 Å². The van der Waals surface area contributed by atoms with Crippen LogP contribution >= 0.6 is 12.2 Å². The first-order chi connectivity index (χ1) is 6.61. The van der Waals surface area contributed by atoms with Crippen LogP contribution in [0.1, 0.15) is 23.0 Å². The number of rotatable bonds is 2. The van der Waals surface area contributed by atoms with E-state index >= 15 is 0 Å². The van der Waals surface area contributed by atoms with E-state index in [-0.39, 0.29) is 10.3 Å². The fourth-order valence-electron chi connectivity index (χ4n) is 1.16. The van der Waals surface area contributed by atoms with E-state index in [2.05, 4.69) is 0 Å². The summed E-state index contributed by atoms with van der Waals surface area (Å²) in [7, 11) is 0. The maximum atomic E-state index is 10.8. The van der Waals surface area contributed by atoms with Crippen LogP contribution in [0.3, 0.4) is 0 Å². The number of nitriles is 1. The summed E-state index contributed by atoms with van der Waals surface area (Å²) in [4.78, 5) is 10.8. The predicted octanol–water partition coefficient (Wildman–Crippen LogP) is 1.81. The van der Waals surface area contributed by atoms with Crippen molar-refractivity contribution < 1.29 is 9.90 Å². The number of carboxylic acids is 1. The summed E-state index contributed by atoms with van der Waals surface area (Å²) in [6.07, 6.45) is 0. The van der Waals surface area contributed by atoms with E-state index in [1.54, 1.807) is 6.92 Å². The van der Waals surface area contributed by atoms with Gasteiger partial charge in [-0.3, -0.25) is 0 Å². The number of aromatic nitrogens is 1. The molecule has 0 radical (unpaired) electrons. The van der Waals surface area contributed by atoms with Gasteiger partial charge in [0.1, 0.15) is 16.4 Å². The first-order valence-electron chi connectivity index (χ1n) is 3.99. The largest absolute Gasteiger partial charge is 0.477 e. The zero-order chi connectivity index (χ0) is 10.7. The Balaban J connectivity index is 3.54. The molecular weight excluding hydrogens is 200 g/mol. The highest BCUT2D eigenvalue weighted by molar-refractivity contribution is 7.71. The fraction of sp³-hybridized carbons (Fsp3) is 0.222. The van der Waals surface area contributed by atoms with E-state index in [9.17, 15) is 4.79 Å². The second kappa shape index (κ2) is 4.03. The van der Waals surface area contributed by atoms with E-state index in [0.717, 1.165) is 0 Å². The molecule has 1 heterocycles. The Bertz CT molecular complexity index is 471. The highest BCUT2D eigenvalue weighted by Crippen LogP contribution is 2.07. The van der Waals surface area contributed by atoms with Crippen molar-refractivity contribution in [2.75, 3.05) is 0 Å². The molecule has 0 unspecified atom stereocenters. The molecule has 14 heavy (non-hydrogen) atoms. The molecule has 0 aliphatic carbocycles. The molecule has 0 aliphatic rings. The molecule has 0 saturated carbocycles. The molecule has 0 atom stereocenters. The van der Waals surface area contributed by atoms with Crippen LogP contribution in [0.4, 0.5) is 0 Å². The minimum atomic E-state index is -1.04. The number of pyridine rings is 1. The second-order valence-electron chi connectivity index (χ2n) is 2.60. The topological polar surface area (TPSA) is 66.0 Å². The molecule has 1 aromatic heterocycles. The lowest BCUT2D eigenvalue weighted by molar-refractivity contribution is 0.0684. The van der Waals surface area contributed by atoms with Crippen molar-refractivity contribution >= 4 is 18.2 Å². The van der Waals surface area contributed by atoms with Crippen LogP contribution < -0.4 is 0 Å². The van der Waals surface area contributed by atoms with E-state index in [1.165, 1.54) is 16.7 Å². The average molecular weight is 208 g/mol. The number of nitrogens with zero attached hydrogens (tertiary/aromatic N) is 2. The zero-order valence-electron chi connectivity index (χ0n) is 7.52. The number of carbonyl (C=O) groups is 1. The maximum absolute atomic E-state index is 10.8. The first kappa shape index (κ1) is 10.4. The zero-order valence-corrected chi connectivity index (χ0v) is 8.34. The molecule has 5 heteroatoms. The molecule has 0 bridgehead atoms. The number of aromatic carboxylic acids is 1. The Morgan fingerprint density at radius 1 is 1.71 bits per heavy atom. The predicted molar refractivity (Wildman–Crippen MR) is 52.6 cm³/mol. The van der Waals surface area contributed by atoms with Crippen molar-refractivity contribution in [2.45, 2.75) is 13.5 Å². The van der Waals surface area contributed by atoms with Gasteiger partial charge in [0.2, 0.25) is 0 Å². The van der Waals surface area contributed by atoms with Gasteiger partial charge < -0.3 is 9.67 Å². The number of hydrogen-bond acceptors (Lipinski definition) is 3. The molecule has 0 spiro atoms. The third-order valence-corrected chi connectivity index (χ3v) is 2.27. The Labute approximate surface area is 86.0 Å². The van der Waals surface area contributed by atoms with Gasteiger partial charge in [-0.25, -0.2) is 4.79 Å². The van der Waals surface area contributed by atoms with Gasteiger partial charge in [0, 0.05) is 6.54 Å². The smallest absolute Gasteiger partial charge is 0.352 e. The molecule has 0 aliphatic heterocycles. The Morgan fingerprint density at radius 2 is 2.36 bits per heavy atom. The number of carboxylic acid groups (broad SMARTS) is 1. The third-order valence-electron chi connectivity index (χ3n) is 1.83. The van der Waals surface area contributed by atoms with Gasteiger partial charge >= 0.3 is 5.97 Å². The Kier molecular flexibility index (Phi) is 2.99. The summed E-state index contributed by atoms with van der Waals surface area (Å²) < 4.78 is 1.70. The van der Waals surface area contributed by atoms with Crippen LogP contribution in [-0.2, 0) is 6.54 Å². The minimum absolute atomic E-state index is 0.108. The summed E-state index contributed by atoms with van der Waals surface area (Å²) in [5, 5.41) is 17.5. The van der Waals surface area contributed by atoms with Gasteiger partial charge in [-0.2, -0.15) is 5.26 Å². The van der Waals surface area contributed by atoms with Crippen molar-refractivity contribution in [1.29, 1.82) is 5.26 Å². The number of hydrogen-bond donors (Lipinski definition) is 1. The molecule has 1 N–H and O–H groups in total. The van der Waals surface area contributed by atoms with Crippen LogP contribution in [0.25, 0.3) is 0 Å². The lowest BCUT2D eigenvalue weighted by Crippen LogP contribution is -2.12. The Hall–Kier alpha value is -1.67. The monoisotopic (exact) mass is 208 g/mol. The van der Waals surface area contributed by atoms with E-state index in [1.807, 2.05) is 6.07 Å². The van der Waals surface area contributed by atoms with Crippen molar-refractivity contribution in [3.8, 4) is 6.07 Å². The quantitative estimate of drug-likeness (QED) is 0.753. The lowest BCUT2D eigenvalue weighted by Gasteiger charge is -2.08. The van der Waals surface area contributed by atoms with Crippen molar-refractivity contribution in [3.05, 3.63) is 28.0 Å². The summed E-state index contributed by atoms with van der Waals surface area (Å²) in [5.41, 5.74) is 0.434. The third kappa shape index (κ3) is 1.65. The van der Waals surface area contributed by atoms with E-state index in [4.69, 9.17) is 22.6 Å². The normalized spacial score (nSPS) is 9.43. The van der Waals surface area contributed by atoms with Crippen LogP contribution in [0.2, 0.25) is 0 Å². The summed E-state index contributed by atoms with van der Waals surface area (Å²) in [5.74, 6) is -1.04. The summed E-state index contributed by atoms with van der Waals surface area (Å²) >= 11 is 4.97. The van der Waals surface area contributed by atoms with Crippen LogP contribution in [-0.4, -0.2) is 15.6 Å². The molecule has 72 valence electrons. The first-order valence-corrected chi connectivity index (χ1v) is 4.39. The molecule has 1 rings (SSSR count). The average Bonchev–Trinajstić information content (AvgIpc) is 2.17. The SMILES string of the molecule is CCn1c(C(=O)O)ccc(C#N)c1=S. The van der Waals surface area contributed by atoms with Gasteiger partial charge in [0.05, 0.1) is 5.56 Å². The van der Waals surface area contributed by atoms with Crippen LogP contribution in [0.15, 0.2) is 12.1 Å². The van der Waals surface area contributed by atoms with E-state index < -0.39 is 5.97 Å². The van der Waals surface area contributed by atoms with Gasteiger partial charge in [-0.05, 0) is 19.1 Å². The molecule has 0 aromatic carbocycles.